The normalized spacial score (nSPS) is 15.0. The van der Waals surface area contributed by atoms with Gasteiger partial charge in [-0.1, -0.05) is 23.7 Å². The minimum Gasteiger partial charge on any atom is -0.383 e. The molecule has 0 bridgehead atoms. The van der Waals surface area contributed by atoms with E-state index in [0.717, 1.165) is 37.2 Å². The van der Waals surface area contributed by atoms with Gasteiger partial charge in [0.05, 0.1) is 17.8 Å². The first-order valence-electron chi connectivity index (χ1n) is 12.8. The maximum Gasteiger partial charge on any atom is 0.317 e. The molecule has 2 amide bonds. The van der Waals surface area contributed by atoms with Gasteiger partial charge in [0.25, 0.3) is 0 Å². The first-order valence-corrected chi connectivity index (χ1v) is 13.2. The Hall–Kier alpha value is -3.87. The van der Waals surface area contributed by atoms with Gasteiger partial charge in [-0.25, -0.2) is 22.6 Å². The molecule has 0 radical (unpaired) electrons. The molecule has 0 aliphatic carbocycles. The molecule has 1 unspecified atom stereocenters. The summed E-state index contributed by atoms with van der Waals surface area (Å²) in [6, 6.07) is 7.97. The summed E-state index contributed by atoms with van der Waals surface area (Å²) in [5.74, 6) is -1.60. The number of hydrogen-bond donors (Lipinski definition) is 2. The number of halogens is 4. The van der Waals surface area contributed by atoms with E-state index in [4.69, 9.17) is 22.1 Å². The van der Waals surface area contributed by atoms with Crippen LogP contribution in [0.1, 0.15) is 23.5 Å². The summed E-state index contributed by atoms with van der Waals surface area (Å²) in [4.78, 5) is 13.6. The van der Waals surface area contributed by atoms with Crippen LogP contribution in [0.2, 0.25) is 5.02 Å². The lowest BCUT2D eigenvalue weighted by Crippen LogP contribution is -2.24. The highest BCUT2D eigenvalue weighted by Gasteiger charge is 2.24. The van der Waals surface area contributed by atoms with E-state index in [-0.39, 0.29) is 16.5 Å². The Kier molecular flexibility index (Phi) is 9.69. The number of urea groups is 1. The van der Waals surface area contributed by atoms with E-state index in [9.17, 15) is 18.0 Å². The summed E-state index contributed by atoms with van der Waals surface area (Å²) in [7, 11) is 3.46. The minimum atomic E-state index is -0.778. The van der Waals surface area contributed by atoms with Crippen LogP contribution in [0, 0.1) is 24.4 Å². The smallest absolute Gasteiger partial charge is 0.317 e. The summed E-state index contributed by atoms with van der Waals surface area (Å²) in [5, 5.41) is 11.0. The van der Waals surface area contributed by atoms with Crippen molar-refractivity contribution in [1.29, 1.82) is 0 Å². The van der Waals surface area contributed by atoms with Gasteiger partial charge in [-0.3, -0.25) is 10.00 Å². The Morgan fingerprint density at radius 2 is 2.00 bits per heavy atom. The van der Waals surface area contributed by atoms with E-state index in [1.54, 1.807) is 50.3 Å². The number of methoxy groups -OCH3 is 1. The molecule has 3 N–H and O–H groups in total. The zero-order valence-electron chi connectivity index (χ0n) is 22.9. The molecule has 1 saturated heterocycles. The van der Waals surface area contributed by atoms with Crippen molar-refractivity contribution in [1.82, 2.24) is 24.5 Å². The quantitative estimate of drug-likeness (QED) is 0.306. The number of nitrogens with zero attached hydrogens (tertiary/aromatic N) is 5. The number of anilines is 1. The zero-order valence-corrected chi connectivity index (χ0v) is 23.6. The average Bonchev–Trinajstić information content (AvgIpc) is 3.66. The van der Waals surface area contributed by atoms with Gasteiger partial charge in [-0.15, -0.1) is 0 Å². The second kappa shape index (κ2) is 13.2. The van der Waals surface area contributed by atoms with Crippen molar-refractivity contribution < 1.29 is 22.7 Å². The number of ether oxygens (including phenoxy) is 1. The van der Waals surface area contributed by atoms with Crippen molar-refractivity contribution in [3.63, 3.8) is 0 Å². The van der Waals surface area contributed by atoms with Crippen molar-refractivity contribution in [2.75, 3.05) is 38.7 Å². The van der Waals surface area contributed by atoms with E-state index >= 15 is 0 Å². The standard InChI is InChI=1S/C15H14ClFN6O.C13H17F2NO/c1-8-13(9-6-19-22(2)7-9)21-23(14(8)20-15(18)24)11-5-3-4-10(16)12(11)17;1-17-7-6-16-5-4-11(9-16)10-2-3-12(14)13(15)8-10/h3-7H,1-2H3,(H3,18,20,24);2-3,8,11H,4-7,9H2,1H3. The molecule has 0 saturated carbocycles. The number of carbonyl (C=O) groups excluding carboxylic acids is 1. The molecule has 218 valence electrons. The van der Waals surface area contributed by atoms with Gasteiger partial charge in [0, 0.05) is 44.6 Å². The van der Waals surface area contributed by atoms with Crippen LogP contribution in [-0.2, 0) is 11.8 Å². The monoisotopic (exact) mass is 589 g/mol. The SMILES string of the molecule is COCCN1CCC(c2ccc(F)c(F)c2)C1.Cc1c(-c2cnn(C)c2)nn(-c2cccc(Cl)c2F)c1NC(N)=O. The topological polar surface area (TPSA) is 103 Å². The lowest BCUT2D eigenvalue weighted by Gasteiger charge is -2.15. The third-order valence-electron chi connectivity index (χ3n) is 6.80. The number of carbonyl (C=O) groups is 1. The Labute approximate surface area is 240 Å². The van der Waals surface area contributed by atoms with Crippen LogP contribution >= 0.6 is 11.6 Å². The molecule has 2 aromatic heterocycles. The van der Waals surface area contributed by atoms with Crippen LogP contribution in [-0.4, -0.2) is 63.8 Å². The molecule has 1 aliphatic rings. The van der Waals surface area contributed by atoms with E-state index in [0.29, 0.717) is 23.8 Å². The molecule has 1 atom stereocenters. The summed E-state index contributed by atoms with van der Waals surface area (Å²) in [6.07, 6.45) is 4.39. The van der Waals surface area contributed by atoms with Gasteiger partial charge >= 0.3 is 6.03 Å². The Bertz CT molecular complexity index is 1520. The Morgan fingerprint density at radius 1 is 1.22 bits per heavy atom. The average molecular weight is 590 g/mol. The van der Waals surface area contributed by atoms with Crippen molar-refractivity contribution >= 4 is 23.4 Å². The molecule has 13 heteroatoms. The second-order valence-electron chi connectivity index (χ2n) is 9.65. The lowest BCUT2D eigenvalue weighted by molar-refractivity contribution is 0.160. The number of nitrogens with two attached hydrogens (primary N) is 1. The minimum absolute atomic E-state index is 0.0476. The number of aromatic nitrogens is 4. The van der Waals surface area contributed by atoms with Crippen molar-refractivity contribution in [2.24, 2.45) is 12.8 Å². The highest BCUT2D eigenvalue weighted by molar-refractivity contribution is 6.30. The number of aryl methyl sites for hydroxylation is 1. The fourth-order valence-corrected chi connectivity index (χ4v) is 4.87. The summed E-state index contributed by atoms with van der Waals surface area (Å²) < 4.78 is 48.3. The molecule has 1 fully saturated rings. The molecule has 2 aromatic carbocycles. The number of amides is 2. The van der Waals surface area contributed by atoms with E-state index < -0.39 is 23.5 Å². The van der Waals surface area contributed by atoms with Gasteiger partial charge in [-0.2, -0.15) is 10.2 Å². The van der Waals surface area contributed by atoms with Crippen LogP contribution in [0.15, 0.2) is 48.8 Å². The van der Waals surface area contributed by atoms with Crippen LogP contribution in [0.5, 0.6) is 0 Å². The van der Waals surface area contributed by atoms with Gasteiger partial charge in [0.2, 0.25) is 0 Å². The van der Waals surface area contributed by atoms with Crippen molar-refractivity contribution in [2.45, 2.75) is 19.3 Å². The van der Waals surface area contributed by atoms with Crippen LogP contribution in [0.3, 0.4) is 0 Å². The number of benzene rings is 2. The molecular formula is C28H31ClF3N7O2. The summed E-state index contributed by atoms with van der Waals surface area (Å²) >= 11 is 5.85. The molecular weight excluding hydrogens is 559 g/mol. The third-order valence-corrected chi connectivity index (χ3v) is 7.09. The van der Waals surface area contributed by atoms with E-state index in [1.807, 2.05) is 0 Å². The number of rotatable bonds is 7. The predicted molar refractivity (Wildman–Crippen MR) is 151 cm³/mol. The molecule has 1 aliphatic heterocycles. The van der Waals surface area contributed by atoms with Crippen molar-refractivity contribution in [3.05, 3.63) is 82.4 Å². The first kappa shape index (κ1) is 30.1. The molecule has 0 spiro atoms. The Morgan fingerprint density at radius 3 is 2.66 bits per heavy atom. The number of hydrogen-bond acceptors (Lipinski definition) is 5. The lowest BCUT2D eigenvalue weighted by atomic mass is 9.98. The predicted octanol–water partition coefficient (Wildman–Crippen LogP) is 5.26. The maximum atomic E-state index is 14.4. The second-order valence-corrected chi connectivity index (χ2v) is 10.1. The largest absolute Gasteiger partial charge is 0.383 e. The van der Waals surface area contributed by atoms with Gasteiger partial charge in [0.15, 0.2) is 17.5 Å². The zero-order chi connectivity index (χ0) is 29.7. The van der Waals surface area contributed by atoms with Gasteiger partial charge < -0.3 is 15.4 Å². The van der Waals surface area contributed by atoms with Crippen molar-refractivity contribution in [3.8, 4) is 16.9 Å². The third kappa shape index (κ3) is 7.07. The summed E-state index contributed by atoms with van der Waals surface area (Å²) in [6.45, 7) is 5.25. The molecule has 9 nitrogen and oxygen atoms in total. The molecule has 3 heterocycles. The van der Waals surface area contributed by atoms with Crippen LogP contribution < -0.4 is 11.1 Å². The molecule has 41 heavy (non-hydrogen) atoms. The number of primary amides is 1. The maximum absolute atomic E-state index is 14.4. The van der Waals surface area contributed by atoms with Crippen LogP contribution in [0.4, 0.5) is 23.8 Å². The highest BCUT2D eigenvalue weighted by atomic mass is 35.5. The summed E-state index contributed by atoms with van der Waals surface area (Å²) in [5.41, 5.74) is 8.13. The molecule has 5 rings (SSSR count). The molecule has 4 aromatic rings. The number of likely N-dealkylation sites (tertiary alicyclic amines) is 1. The van der Waals surface area contributed by atoms with Gasteiger partial charge in [-0.05, 0) is 55.6 Å². The first-order chi connectivity index (χ1) is 19.6. The number of nitrogens with one attached hydrogen (secondary N) is 1. The Balaban J connectivity index is 0.000000201. The fraction of sp³-hybridized carbons (Fsp3) is 0.321. The van der Waals surface area contributed by atoms with E-state index in [2.05, 4.69) is 20.4 Å². The van der Waals surface area contributed by atoms with E-state index in [1.165, 1.54) is 28.9 Å². The fourth-order valence-electron chi connectivity index (χ4n) is 4.70. The van der Waals surface area contributed by atoms with Gasteiger partial charge in [0.1, 0.15) is 17.2 Å². The van der Waals surface area contributed by atoms with Crippen LogP contribution in [0.25, 0.3) is 16.9 Å². The highest BCUT2D eigenvalue weighted by Crippen LogP contribution is 2.32.